The van der Waals surface area contributed by atoms with E-state index in [1.54, 1.807) is 7.11 Å². The average molecular weight is 241 g/mol. The lowest BCUT2D eigenvalue weighted by Gasteiger charge is -2.15. The highest BCUT2D eigenvalue weighted by atomic mass is 35.5. The smallest absolute Gasteiger partial charge is 0.249 e. The lowest BCUT2D eigenvalue weighted by Crippen LogP contribution is -2.39. The van der Waals surface area contributed by atoms with Gasteiger partial charge in [0, 0.05) is 18.7 Å². The normalized spacial score (nSPS) is 14.6. The van der Waals surface area contributed by atoms with Crippen LogP contribution >= 0.6 is 11.6 Å². The topological polar surface area (TPSA) is 41.6 Å². The summed E-state index contributed by atoms with van der Waals surface area (Å²) in [6.07, 6.45) is 0. The fourth-order valence-corrected chi connectivity index (χ4v) is 1.93. The molecule has 0 bridgehead atoms. The highest BCUT2D eigenvalue weighted by Gasteiger charge is 2.22. The number of benzene rings is 1. The molecule has 1 aromatic rings. The van der Waals surface area contributed by atoms with Crippen molar-refractivity contribution < 1.29 is 9.53 Å². The van der Waals surface area contributed by atoms with E-state index in [2.05, 4.69) is 5.43 Å². The molecule has 1 N–H and O–H groups in total. The second-order valence-electron chi connectivity index (χ2n) is 3.62. The number of carbonyl (C=O) groups excluding carboxylic acids is 1. The van der Waals surface area contributed by atoms with E-state index < -0.39 is 0 Å². The van der Waals surface area contributed by atoms with Crippen molar-refractivity contribution >= 4 is 17.5 Å². The van der Waals surface area contributed by atoms with Crippen molar-refractivity contribution in [1.29, 1.82) is 0 Å². The van der Waals surface area contributed by atoms with E-state index in [-0.39, 0.29) is 11.8 Å². The van der Waals surface area contributed by atoms with Gasteiger partial charge in [-0.2, -0.15) is 0 Å². The van der Waals surface area contributed by atoms with Gasteiger partial charge in [0.2, 0.25) is 5.91 Å². The van der Waals surface area contributed by atoms with Crippen LogP contribution in [0.5, 0.6) is 5.75 Å². The van der Waals surface area contributed by atoms with E-state index in [4.69, 9.17) is 16.3 Å². The Morgan fingerprint density at radius 3 is 3.06 bits per heavy atom. The molecule has 0 unspecified atom stereocenters. The van der Waals surface area contributed by atoms with Gasteiger partial charge in [-0.05, 0) is 11.6 Å². The van der Waals surface area contributed by atoms with E-state index in [0.717, 1.165) is 11.3 Å². The molecule has 0 saturated heterocycles. The first kappa shape index (κ1) is 11.2. The third-order valence-electron chi connectivity index (χ3n) is 2.56. The summed E-state index contributed by atoms with van der Waals surface area (Å²) in [5.41, 5.74) is 5.03. The number of carbonyl (C=O) groups is 1. The Labute approximate surface area is 99.1 Å². The Morgan fingerprint density at radius 2 is 2.38 bits per heavy atom. The molecule has 4 nitrogen and oxygen atoms in total. The number of methoxy groups -OCH3 is 1. The zero-order valence-electron chi connectivity index (χ0n) is 9.00. The molecule has 0 spiro atoms. The average Bonchev–Trinajstić information content (AvgIpc) is 2.70. The first-order chi connectivity index (χ1) is 7.74. The van der Waals surface area contributed by atoms with Gasteiger partial charge in [-0.25, -0.2) is 5.01 Å². The van der Waals surface area contributed by atoms with Crippen molar-refractivity contribution in [1.82, 2.24) is 10.4 Å². The quantitative estimate of drug-likeness (QED) is 0.810. The van der Waals surface area contributed by atoms with Crippen molar-refractivity contribution in [3.63, 3.8) is 0 Å². The fourth-order valence-electron chi connectivity index (χ4n) is 1.87. The summed E-state index contributed by atoms with van der Waals surface area (Å²) in [6.45, 7) is 1.34. The van der Waals surface area contributed by atoms with Gasteiger partial charge in [0.05, 0.1) is 7.11 Å². The third-order valence-corrected chi connectivity index (χ3v) is 2.81. The molecular formula is C11H13ClN2O2. The van der Waals surface area contributed by atoms with Crippen LogP contribution < -0.4 is 10.2 Å². The lowest BCUT2D eigenvalue weighted by molar-refractivity contribution is -0.123. The van der Waals surface area contributed by atoms with Crippen LogP contribution in [0.2, 0.25) is 0 Å². The number of alkyl halides is 1. The Bertz CT molecular complexity index is 409. The van der Waals surface area contributed by atoms with E-state index in [1.807, 2.05) is 23.2 Å². The second kappa shape index (κ2) is 4.72. The SMILES string of the molecule is COc1cccc2c1CN(NC(=O)CCl)C2. The molecule has 1 heterocycles. The molecule has 0 fully saturated rings. The maximum atomic E-state index is 11.2. The van der Waals surface area contributed by atoms with Crippen LogP contribution in [-0.2, 0) is 17.9 Å². The lowest BCUT2D eigenvalue weighted by atomic mass is 10.1. The van der Waals surface area contributed by atoms with Crippen molar-refractivity contribution in [2.75, 3.05) is 13.0 Å². The summed E-state index contributed by atoms with van der Waals surface area (Å²) in [5.74, 6) is 0.651. The van der Waals surface area contributed by atoms with Crippen molar-refractivity contribution in [2.45, 2.75) is 13.1 Å². The van der Waals surface area contributed by atoms with Gasteiger partial charge in [0.1, 0.15) is 11.6 Å². The number of hydrazine groups is 1. The van der Waals surface area contributed by atoms with Crippen LogP contribution in [0, 0.1) is 0 Å². The summed E-state index contributed by atoms with van der Waals surface area (Å²) >= 11 is 5.44. The largest absolute Gasteiger partial charge is 0.496 e. The molecule has 0 atom stereocenters. The maximum Gasteiger partial charge on any atom is 0.249 e. The van der Waals surface area contributed by atoms with Gasteiger partial charge in [-0.1, -0.05) is 12.1 Å². The predicted molar refractivity (Wildman–Crippen MR) is 61.1 cm³/mol. The van der Waals surface area contributed by atoms with Crippen molar-refractivity contribution in [2.24, 2.45) is 0 Å². The molecule has 0 radical (unpaired) electrons. The predicted octanol–water partition coefficient (Wildman–Crippen LogP) is 1.28. The molecule has 1 aromatic carbocycles. The van der Waals surface area contributed by atoms with Gasteiger partial charge in [0.25, 0.3) is 0 Å². The number of amides is 1. The molecule has 0 saturated carbocycles. The monoisotopic (exact) mass is 240 g/mol. The number of hydrogen-bond donors (Lipinski definition) is 1. The molecule has 1 amide bonds. The zero-order valence-corrected chi connectivity index (χ0v) is 9.75. The van der Waals surface area contributed by atoms with Gasteiger partial charge >= 0.3 is 0 Å². The summed E-state index contributed by atoms with van der Waals surface area (Å²) in [4.78, 5) is 11.2. The van der Waals surface area contributed by atoms with Gasteiger partial charge in [-0.15, -0.1) is 11.6 Å². The number of hydrogen-bond acceptors (Lipinski definition) is 3. The van der Waals surface area contributed by atoms with Crippen molar-refractivity contribution in [3.8, 4) is 5.75 Å². The maximum absolute atomic E-state index is 11.2. The third kappa shape index (κ3) is 2.13. The van der Waals surface area contributed by atoms with Crippen LogP contribution in [0.25, 0.3) is 0 Å². The number of halogens is 1. The molecule has 0 aliphatic carbocycles. The van der Waals surface area contributed by atoms with E-state index in [9.17, 15) is 4.79 Å². The minimum Gasteiger partial charge on any atom is -0.496 e. The highest BCUT2D eigenvalue weighted by Crippen LogP contribution is 2.29. The van der Waals surface area contributed by atoms with E-state index in [1.165, 1.54) is 5.56 Å². The number of rotatable bonds is 3. The van der Waals surface area contributed by atoms with Gasteiger partial charge in [0.15, 0.2) is 0 Å². The molecule has 86 valence electrons. The number of ether oxygens (including phenoxy) is 1. The summed E-state index contributed by atoms with van der Waals surface area (Å²) < 4.78 is 5.27. The molecule has 1 aliphatic heterocycles. The van der Waals surface area contributed by atoms with E-state index >= 15 is 0 Å². The Morgan fingerprint density at radius 1 is 1.56 bits per heavy atom. The van der Waals surface area contributed by atoms with Crippen LogP contribution in [-0.4, -0.2) is 23.9 Å². The van der Waals surface area contributed by atoms with E-state index in [0.29, 0.717) is 13.1 Å². The minimum absolute atomic E-state index is 0.0238. The van der Waals surface area contributed by atoms with Gasteiger partial charge < -0.3 is 4.74 Å². The molecule has 2 rings (SSSR count). The number of nitrogens with zero attached hydrogens (tertiary/aromatic N) is 1. The van der Waals surface area contributed by atoms with Crippen LogP contribution in [0.3, 0.4) is 0 Å². The van der Waals surface area contributed by atoms with Crippen LogP contribution in [0.1, 0.15) is 11.1 Å². The number of nitrogens with one attached hydrogen (secondary N) is 1. The first-order valence-electron chi connectivity index (χ1n) is 4.99. The second-order valence-corrected chi connectivity index (χ2v) is 3.89. The highest BCUT2D eigenvalue weighted by molar-refractivity contribution is 6.27. The standard InChI is InChI=1S/C11H13ClN2O2/c1-16-10-4-2-3-8-6-14(7-9(8)10)13-11(15)5-12/h2-4H,5-7H2,1H3,(H,13,15). The Kier molecular flexibility index (Phi) is 3.31. The number of fused-ring (bicyclic) bond motifs is 1. The Hall–Kier alpha value is -1.26. The summed E-state index contributed by atoms with van der Waals surface area (Å²) in [7, 11) is 1.65. The molecular weight excluding hydrogens is 228 g/mol. The molecule has 0 aromatic heterocycles. The van der Waals surface area contributed by atoms with Gasteiger partial charge in [-0.3, -0.25) is 10.2 Å². The molecule has 1 aliphatic rings. The summed E-state index contributed by atoms with van der Waals surface area (Å²) in [5, 5.41) is 1.83. The van der Waals surface area contributed by atoms with Crippen molar-refractivity contribution in [3.05, 3.63) is 29.3 Å². The first-order valence-corrected chi connectivity index (χ1v) is 5.53. The summed E-state index contributed by atoms with van der Waals surface area (Å²) in [6, 6.07) is 5.90. The zero-order chi connectivity index (χ0) is 11.5. The molecule has 16 heavy (non-hydrogen) atoms. The fraction of sp³-hybridized carbons (Fsp3) is 0.364. The minimum atomic E-state index is -0.187. The van der Waals surface area contributed by atoms with Crippen LogP contribution in [0.15, 0.2) is 18.2 Å². The van der Waals surface area contributed by atoms with Crippen LogP contribution in [0.4, 0.5) is 0 Å². The Balaban J connectivity index is 2.11. The molecule has 5 heteroatoms.